The molecule has 0 amide bonds. The number of aliphatic hydroxyl groups is 1. The van der Waals surface area contributed by atoms with E-state index < -0.39 is 0 Å². The minimum absolute atomic E-state index is 0. The number of fused-ring (bicyclic) bond motifs is 3. The molecule has 0 fully saturated rings. The molecule has 41 heavy (non-hydrogen) atoms. The average molecular weight is 749 g/mol. The van der Waals surface area contributed by atoms with Crippen LogP contribution in [0.2, 0.25) is 0 Å². The summed E-state index contributed by atoms with van der Waals surface area (Å²) in [7, 11) is 0. The Balaban J connectivity index is 0.000000253. The van der Waals surface area contributed by atoms with E-state index in [1.807, 2.05) is 40.0 Å². The molecule has 0 bridgehead atoms. The summed E-state index contributed by atoms with van der Waals surface area (Å²) in [6.45, 7) is 14.8. The Hall–Kier alpha value is -2.47. The van der Waals surface area contributed by atoms with Gasteiger partial charge in [0.1, 0.15) is 5.65 Å². The second-order valence-electron chi connectivity index (χ2n) is 11.8. The van der Waals surface area contributed by atoms with Crippen LogP contribution in [0, 0.1) is 23.3 Å². The first-order valence-electron chi connectivity index (χ1n) is 14.5. The van der Waals surface area contributed by atoms with Gasteiger partial charge in [0.05, 0.1) is 22.3 Å². The summed E-state index contributed by atoms with van der Waals surface area (Å²) < 4.78 is 2.19. The fourth-order valence-corrected chi connectivity index (χ4v) is 6.34. The van der Waals surface area contributed by atoms with Gasteiger partial charge in [-0.1, -0.05) is 77.6 Å². The topological polar surface area (TPSA) is 67.5 Å². The third-order valence-electron chi connectivity index (χ3n) is 7.52. The standard InChI is InChI=1S/C21H18N3S.C13H24O2.Ir/c1-21(2,3)12-16-20-24-18(23-16)8-9-22-19(24)15-10-13-6-4-5-7-14(13)11-17(15)25-20;1-5-10(6-2)12(14)9-13(15)11(7-3)8-4;/h4-9,11H,12H2,1-3H3;9-11,14H,5-8H2,1-4H3;/q-1;;/b;12-9-;. The number of allylic oxidation sites excluding steroid dienone is 2. The van der Waals surface area contributed by atoms with Gasteiger partial charge in [-0.05, 0) is 48.5 Å². The van der Waals surface area contributed by atoms with Crippen molar-refractivity contribution in [2.24, 2.45) is 17.3 Å². The molecular weight excluding hydrogens is 707 g/mol. The van der Waals surface area contributed by atoms with Gasteiger partial charge in [-0.15, -0.1) is 35.3 Å². The molecule has 2 aromatic heterocycles. The molecule has 3 heterocycles. The van der Waals surface area contributed by atoms with Crippen LogP contribution in [0.25, 0.3) is 27.8 Å². The summed E-state index contributed by atoms with van der Waals surface area (Å²) >= 11 is 1.79. The van der Waals surface area contributed by atoms with Gasteiger partial charge < -0.3 is 9.51 Å². The molecule has 1 aliphatic rings. The maximum atomic E-state index is 11.7. The van der Waals surface area contributed by atoms with Crippen LogP contribution in [-0.2, 0) is 31.3 Å². The van der Waals surface area contributed by atoms with Crippen molar-refractivity contribution in [3.8, 4) is 11.4 Å². The van der Waals surface area contributed by atoms with E-state index in [4.69, 9.17) is 4.98 Å². The van der Waals surface area contributed by atoms with Crippen LogP contribution in [0.1, 0.15) is 79.8 Å². The molecule has 0 unspecified atom stereocenters. The summed E-state index contributed by atoms with van der Waals surface area (Å²) in [5.41, 5.74) is 3.39. The summed E-state index contributed by atoms with van der Waals surface area (Å²) in [5.74, 6) is 1.49. The molecule has 4 aromatic rings. The van der Waals surface area contributed by atoms with E-state index in [9.17, 15) is 9.90 Å². The Morgan fingerprint density at radius 3 is 2.34 bits per heavy atom. The first-order chi connectivity index (χ1) is 19.1. The van der Waals surface area contributed by atoms with Gasteiger partial charge in [0, 0.05) is 44.2 Å². The van der Waals surface area contributed by atoms with Crippen molar-refractivity contribution < 1.29 is 30.0 Å². The van der Waals surface area contributed by atoms with Crippen molar-refractivity contribution in [3.05, 3.63) is 66.2 Å². The van der Waals surface area contributed by atoms with Crippen LogP contribution in [0.4, 0.5) is 0 Å². The Morgan fingerprint density at radius 1 is 1.05 bits per heavy atom. The molecule has 0 aliphatic carbocycles. The maximum Gasteiger partial charge on any atom is 0.162 e. The quantitative estimate of drug-likeness (QED) is 0.0974. The second kappa shape index (κ2) is 14.1. The fraction of sp³-hybridized carbons (Fsp3) is 0.441. The predicted molar refractivity (Wildman–Crippen MR) is 166 cm³/mol. The van der Waals surface area contributed by atoms with Crippen LogP contribution in [0.5, 0.6) is 0 Å². The van der Waals surface area contributed by atoms with Crippen LogP contribution in [0.15, 0.2) is 64.4 Å². The average Bonchev–Trinajstić information content (AvgIpc) is 3.25. The van der Waals surface area contributed by atoms with Gasteiger partial charge in [0.2, 0.25) is 0 Å². The number of aromatic nitrogens is 3. The smallest absolute Gasteiger partial charge is 0.162 e. The predicted octanol–water partition coefficient (Wildman–Crippen LogP) is 9.27. The molecule has 1 N–H and O–H groups in total. The molecule has 0 saturated heterocycles. The number of carbonyl (C=O) groups is 1. The zero-order chi connectivity index (χ0) is 29.0. The van der Waals surface area contributed by atoms with Gasteiger partial charge in [0.15, 0.2) is 5.78 Å². The Bertz CT molecular complexity index is 1530. The van der Waals surface area contributed by atoms with Crippen molar-refractivity contribution in [2.75, 3.05) is 0 Å². The monoisotopic (exact) mass is 749 g/mol. The summed E-state index contributed by atoms with van der Waals surface area (Å²) in [5, 5.41) is 13.3. The molecule has 5 rings (SSSR count). The number of benzene rings is 2. The van der Waals surface area contributed by atoms with Gasteiger partial charge in [0.25, 0.3) is 0 Å². The van der Waals surface area contributed by atoms with Crippen LogP contribution in [-0.4, -0.2) is 25.3 Å². The number of hydrogen-bond acceptors (Lipinski definition) is 5. The van der Waals surface area contributed by atoms with Crippen molar-refractivity contribution in [3.63, 3.8) is 0 Å². The summed E-state index contributed by atoms with van der Waals surface area (Å²) in [4.78, 5) is 22.5. The van der Waals surface area contributed by atoms with Gasteiger partial charge >= 0.3 is 0 Å². The molecule has 2 aromatic carbocycles. The van der Waals surface area contributed by atoms with E-state index in [0.29, 0.717) is 0 Å². The van der Waals surface area contributed by atoms with Crippen molar-refractivity contribution in [1.82, 2.24) is 14.4 Å². The SMILES string of the molecule is CC(C)(C)Cc1nc2ccnc3n2c1Sc1cc2ccccc2[c-]c1-3.CCC(CC)C(=O)/C=C(\O)C(CC)CC.[Ir]. The summed E-state index contributed by atoms with van der Waals surface area (Å²) in [6.07, 6.45) is 7.71. The van der Waals surface area contributed by atoms with E-state index >= 15 is 0 Å². The number of hydrogen-bond donors (Lipinski definition) is 1. The molecule has 5 nitrogen and oxygen atoms in total. The number of rotatable bonds is 8. The number of carbonyl (C=O) groups excluding carboxylic acids is 1. The van der Waals surface area contributed by atoms with E-state index in [1.165, 1.54) is 21.4 Å². The molecule has 1 radical (unpaired) electrons. The molecular formula is C34H42IrN3O2S-. The molecule has 7 heteroatoms. The number of aliphatic hydroxyl groups excluding tert-OH is 1. The van der Waals surface area contributed by atoms with Crippen molar-refractivity contribution >= 4 is 34.0 Å². The zero-order valence-corrected chi connectivity index (χ0v) is 28.5. The number of ketones is 1. The largest absolute Gasteiger partial charge is 0.512 e. The fourth-order valence-electron chi connectivity index (χ4n) is 5.19. The van der Waals surface area contributed by atoms with Crippen LogP contribution >= 0.6 is 11.8 Å². The van der Waals surface area contributed by atoms with E-state index in [0.717, 1.165) is 60.2 Å². The van der Waals surface area contributed by atoms with Crippen LogP contribution in [0.3, 0.4) is 0 Å². The van der Waals surface area contributed by atoms with E-state index in [-0.39, 0.29) is 48.9 Å². The van der Waals surface area contributed by atoms with Crippen molar-refractivity contribution in [2.45, 2.75) is 90.5 Å². The summed E-state index contributed by atoms with van der Waals surface area (Å²) in [6, 6.07) is 16.2. The first kappa shape index (κ1) is 33.0. The van der Waals surface area contributed by atoms with Gasteiger partial charge in [-0.2, -0.15) is 0 Å². The number of nitrogens with zero attached hydrogens (tertiary/aromatic N) is 3. The van der Waals surface area contributed by atoms with Crippen LogP contribution < -0.4 is 0 Å². The van der Waals surface area contributed by atoms with E-state index in [2.05, 4.69) is 66.6 Å². The molecule has 0 saturated carbocycles. The Labute approximate surface area is 262 Å². The van der Waals surface area contributed by atoms with Crippen molar-refractivity contribution in [1.29, 1.82) is 0 Å². The second-order valence-corrected chi connectivity index (χ2v) is 12.8. The maximum absolute atomic E-state index is 11.7. The molecule has 221 valence electrons. The third-order valence-corrected chi connectivity index (χ3v) is 8.68. The third kappa shape index (κ3) is 7.49. The van der Waals surface area contributed by atoms with Gasteiger partial charge in [-0.25, -0.2) is 4.98 Å². The molecule has 0 spiro atoms. The Morgan fingerprint density at radius 2 is 1.71 bits per heavy atom. The molecule has 0 atom stereocenters. The minimum atomic E-state index is 0. The molecule has 1 aliphatic heterocycles. The van der Waals surface area contributed by atoms with Gasteiger partial charge in [-0.3, -0.25) is 9.78 Å². The first-order valence-corrected chi connectivity index (χ1v) is 15.4. The zero-order valence-electron chi connectivity index (χ0n) is 25.2. The number of imidazole rings is 1. The Kier molecular flexibility index (Phi) is 11.4. The van der Waals surface area contributed by atoms with E-state index in [1.54, 1.807) is 11.8 Å². The normalized spacial score (nSPS) is 12.8. The minimum Gasteiger partial charge on any atom is -0.512 e.